The summed E-state index contributed by atoms with van der Waals surface area (Å²) in [6.07, 6.45) is 1.50. The molecule has 3 amide bonds. The van der Waals surface area contributed by atoms with Gasteiger partial charge in [0.05, 0.1) is 47.5 Å². The molecule has 7 aromatic carbocycles. The number of nitriles is 2. The van der Waals surface area contributed by atoms with Gasteiger partial charge in [0.15, 0.2) is 28.9 Å². The number of ketones is 5. The van der Waals surface area contributed by atoms with Crippen molar-refractivity contribution >= 4 is 76.2 Å². The minimum Gasteiger partial charge on any atom is -0.481 e. The van der Waals surface area contributed by atoms with E-state index in [9.17, 15) is 47.9 Å². The number of halogens is 1. The van der Waals surface area contributed by atoms with Gasteiger partial charge in [-0.25, -0.2) is 14.4 Å². The van der Waals surface area contributed by atoms with Crippen LogP contribution in [0.2, 0.25) is 5.02 Å². The first-order valence-electron chi connectivity index (χ1n) is 28.4. The number of nitrogens with one attached hydrogen (secondary N) is 2. The Balaban J connectivity index is 0.000000380. The number of carboxylic acids is 2. The van der Waals surface area contributed by atoms with Crippen molar-refractivity contribution in [2.45, 2.75) is 112 Å². The summed E-state index contributed by atoms with van der Waals surface area (Å²) in [5, 5.41) is 44.0. The number of hydrogen-bond acceptors (Lipinski definition) is 13. The number of isocyanates is 1. The number of carboxylic acid groups (broad SMARTS) is 2. The number of aliphatic imine (C=N–C) groups is 1. The lowest BCUT2D eigenvalue weighted by Crippen LogP contribution is -2.31. The number of nitrogens with zero attached hydrogens (tertiary/aromatic N) is 6. The van der Waals surface area contributed by atoms with Gasteiger partial charge in [-0.1, -0.05) is 122 Å². The van der Waals surface area contributed by atoms with Crippen molar-refractivity contribution < 1.29 is 58.2 Å². The summed E-state index contributed by atoms with van der Waals surface area (Å²) in [7, 11) is 0. The van der Waals surface area contributed by atoms with E-state index in [1.54, 1.807) is 167 Å². The predicted molar refractivity (Wildman–Crippen MR) is 351 cm³/mol. The van der Waals surface area contributed by atoms with Crippen LogP contribution in [0, 0.1) is 22.7 Å². The lowest BCUT2D eigenvalue weighted by Gasteiger charge is -2.15. The number of anilines is 1. The Labute approximate surface area is 539 Å². The Hall–Kier alpha value is -11.3. The van der Waals surface area contributed by atoms with Crippen molar-refractivity contribution in [3.8, 4) is 12.1 Å². The largest absolute Gasteiger partial charge is 0.481 e. The molecule has 7 rings (SSSR count). The highest BCUT2D eigenvalue weighted by molar-refractivity contribution is 6.30. The molecule has 92 heavy (non-hydrogen) atoms. The van der Waals surface area contributed by atoms with Gasteiger partial charge in [-0.2, -0.15) is 15.5 Å². The predicted octanol–water partition coefficient (Wildman–Crippen LogP) is 16.1. The Kier molecular flexibility index (Phi) is 33.1. The van der Waals surface area contributed by atoms with Gasteiger partial charge in [-0.15, -0.1) is 0 Å². The van der Waals surface area contributed by atoms with Crippen molar-refractivity contribution in [3.63, 3.8) is 0 Å². The van der Waals surface area contributed by atoms with Crippen molar-refractivity contribution in [1.29, 1.82) is 10.5 Å². The highest BCUT2D eigenvalue weighted by Gasteiger charge is 2.17. The van der Waals surface area contributed by atoms with E-state index >= 15 is 0 Å². The second-order valence-electron chi connectivity index (χ2n) is 20.6. The maximum absolute atomic E-state index is 12.0. The molecule has 0 fully saturated rings. The lowest BCUT2D eigenvalue weighted by atomic mass is 9.97. The van der Waals surface area contributed by atoms with Gasteiger partial charge in [0.25, 0.3) is 0 Å². The zero-order valence-corrected chi connectivity index (χ0v) is 53.4. The molecule has 0 saturated carbocycles. The lowest BCUT2D eigenvalue weighted by molar-refractivity contribution is -0.138. The molecule has 20 nitrogen and oxygen atoms in total. The smallest absolute Gasteiger partial charge is 0.335 e. The first-order valence-corrected chi connectivity index (χ1v) is 28.7. The van der Waals surface area contributed by atoms with Gasteiger partial charge < -0.3 is 20.8 Å². The Morgan fingerprint density at radius 1 is 0.489 bits per heavy atom. The standard InChI is InChI=1S/C17H17ClN2O2.C11H11N3O2.C11H11NO2.C11H11NO.C11H12O3.C10H9NO2/c1-11(13-4-3-5-14(10-13)12(2)21)19-17(22)20-16-8-6-15(18)7-9-16;1-7(11(16)13-14-12)9-4-3-5-10(6-9)8(2)15;1-8(12-7-13)10-4-3-5-11(6-10)9(2)14;1-8(7-12)10-4-3-5-11(6-10)9(2)13;1-7(11(13)14)9-4-3-5-10(6-9)8(2)12;1-7(6-11)8-3-2-4-9(5-8)10(12)13/h3-11H,1-2H3,(H2,19,20,22);3-7H,1-2H3;3-6,8H,1-2H3;3-6,8H,1-2H3;3-7H,1-2H3,(H,13,14);2-5,7H,1H3,(H,12,13). The summed E-state index contributed by atoms with van der Waals surface area (Å²) in [4.78, 5) is 116. The molecule has 0 aliphatic rings. The monoisotopic (exact) mass is 1260 g/mol. The van der Waals surface area contributed by atoms with Crippen LogP contribution in [-0.4, -0.2) is 69.1 Å². The van der Waals surface area contributed by atoms with Crippen molar-refractivity contribution in [3.05, 3.63) is 252 Å². The van der Waals surface area contributed by atoms with Gasteiger partial charge in [0, 0.05) is 49.4 Å². The maximum Gasteiger partial charge on any atom is 0.335 e. The number of azide groups is 1. The SMILES string of the molecule is CC(=O)c1cccc(C(C)C#N)c1.CC(=O)c1cccc(C(C)C(=O)N=[N+]=[N-])c1.CC(=O)c1cccc(C(C)C(=O)O)c1.CC(=O)c1cccc(C(C)N=C=O)c1.CC(=O)c1cccc(C(C)NC(=O)Nc2ccc(Cl)cc2)c1.CC(C#N)c1cccc(C(=O)O)c1. The third kappa shape index (κ3) is 27.0. The summed E-state index contributed by atoms with van der Waals surface area (Å²) in [6.45, 7) is 17.9. The average molecular weight is 1260 g/mol. The second-order valence-corrected chi connectivity index (χ2v) is 21.0. The topological polar surface area (TPSA) is 344 Å². The number of carbonyl (C=O) groups excluding carboxylic acids is 8. The molecule has 0 aromatic heterocycles. The average Bonchev–Trinajstić information content (AvgIpc) is 1.21. The zero-order chi connectivity index (χ0) is 69.2. The summed E-state index contributed by atoms with van der Waals surface area (Å²) >= 11 is 5.80. The van der Waals surface area contributed by atoms with E-state index in [4.69, 9.17) is 37.9 Å². The second kappa shape index (κ2) is 39.6. The molecule has 0 aliphatic heterocycles. The number of hydrogen-bond donors (Lipinski definition) is 4. The van der Waals surface area contributed by atoms with E-state index in [0.717, 1.165) is 22.3 Å². The molecule has 0 radical (unpaired) electrons. The zero-order valence-electron chi connectivity index (χ0n) is 52.7. The van der Waals surface area contributed by atoms with E-state index in [1.807, 2.05) is 32.0 Å². The molecule has 0 heterocycles. The van der Waals surface area contributed by atoms with Crippen LogP contribution in [0.15, 0.2) is 180 Å². The van der Waals surface area contributed by atoms with Gasteiger partial charge >= 0.3 is 18.0 Å². The fourth-order valence-corrected chi connectivity index (χ4v) is 7.89. The number of Topliss-reactive ketones (excluding diaryl/α,β-unsaturated/α-hetero) is 5. The molecule has 474 valence electrons. The number of rotatable bonds is 17. The van der Waals surface area contributed by atoms with Crippen molar-refractivity contribution in [2.24, 2.45) is 10.1 Å². The van der Waals surface area contributed by atoms with Crippen LogP contribution in [0.3, 0.4) is 0 Å². The third-order valence-corrected chi connectivity index (χ3v) is 13.8. The molecule has 0 bridgehead atoms. The molecule has 21 heteroatoms. The van der Waals surface area contributed by atoms with E-state index in [2.05, 4.69) is 37.8 Å². The van der Waals surface area contributed by atoms with Gasteiger partial charge in [0.2, 0.25) is 12.0 Å². The molecule has 4 N–H and O–H groups in total. The number of urea groups is 1. The molecular weight excluding hydrogens is 1190 g/mol. The van der Waals surface area contributed by atoms with Crippen LogP contribution in [0.4, 0.5) is 10.5 Å². The van der Waals surface area contributed by atoms with Crippen LogP contribution in [-0.2, 0) is 14.4 Å². The molecule has 6 atom stereocenters. The number of carbonyl (C=O) groups is 9. The summed E-state index contributed by atoms with van der Waals surface area (Å²) in [5.74, 6) is -4.00. The number of aromatic carboxylic acids is 1. The van der Waals surface area contributed by atoms with Gasteiger partial charge in [-0.05, 0) is 180 Å². The minimum absolute atomic E-state index is 0.000309. The van der Waals surface area contributed by atoms with Gasteiger partial charge in [0.1, 0.15) is 0 Å². The van der Waals surface area contributed by atoms with Gasteiger partial charge in [-0.3, -0.25) is 33.6 Å². The Morgan fingerprint density at radius 3 is 1.20 bits per heavy atom. The Bertz CT molecular complexity index is 3820. The van der Waals surface area contributed by atoms with Crippen LogP contribution in [0.1, 0.15) is 207 Å². The molecular formula is C71H71ClN8O12. The Morgan fingerprint density at radius 2 is 0.826 bits per heavy atom. The summed E-state index contributed by atoms with van der Waals surface area (Å²) in [6, 6.07) is 51.7. The van der Waals surface area contributed by atoms with Crippen LogP contribution < -0.4 is 10.6 Å². The quantitative estimate of drug-likeness (QED) is 0.0164. The van der Waals surface area contributed by atoms with Crippen LogP contribution in [0.25, 0.3) is 10.4 Å². The van der Waals surface area contributed by atoms with Crippen molar-refractivity contribution in [2.75, 3.05) is 5.32 Å². The highest BCUT2D eigenvalue weighted by atomic mass is 35.5. The molecule has 0 saturated heterocycles. The number of amides is 3. The van der Waals surface area contributed by atoms with Crippen LogP contribution >= 0.6 is 11.6 Å². The molecule has 7 aromatic rings. The summed E-state index contributed by atoms with van der Waals surface area (Å²) in [5.41, 5.74) is 16.7. The minimum atomic E-state index is -0.966. The fourth-order valence-electron chi connectivity index (χ4n) is 7.77. The molecule has 6 unspecified atom stereocenters. The van der Waals surface area contributed by atoms with E-state index in [0.29, 0.717) is 49.7 Å². The summed E-state index contributed by atoms with van der Waals surface area (Å²) < 4.78 is 0. The fraction of sp³-hybridized carbons (Fsp3) is 0.239. The van der Waals surface area contributed by atoms with Crippen molar-refractivity contribution in [1.82, 2.24) is 5.32 Å². The van der Waals surface area contributed by atoms with Crippen LogP contribution in [0.5, 0.6) is 0 Å². The number of benzene rings is 7. The normalized spacial score (nSPS) is 11.7. The first-order chi connectivity index (χ1) is 43.5. The maximum atomic E-state index is 12.0. The highest BCUT2D eigenvalue weighted by Crippen LogP contribution is 2.22. The van der Waals surface area contributed by atoms with E-state index in [1.165, 1.54) is 52.8 Å². The molecule has 0 spiro atoms. The molecule has 0 aliphatic carbocycles. The third-order valence-electron chi connectivity index (χ3n) is 13.5. The van der Waals surface area contributed by atoms with E-state index < -0.39 is 29.7 Å². The first kappa shape index (κ1) is 76.8. The number of aliphatic carboxylic acids is 1. The van der Waals surface area contributed by atoms with E-state index in [-0.39, 0.29) is 64.4 Å².